The first-order valence-corrected chi connectivity index (χ1v) is 10.7. The highest BCUT2D eigenvalue weighted by Gasteiger charge is 2.30. The Morgan fingerprint density at radius 1 is 0.970 bits per heavy atom. The Hall–Kier alpha value is -3.88. The van der Waals surface area contributed by atoms with Crippen molar-refractivity contribution >= 4 is 33.8 Å². The molecule has 0 aliphatic carbocycles. The summed E-state index contributed by atoms with van der Waals surface area (Å²) in [5.74, 6) is -1.43. The lowest BCUT2D eigenvalue weighted by Crippen LogP contribution is -2.37. The van der Waals surface area contributed by atoms with E-state index < -0.39 is 11.6 Å². The third kappa shape index (κ3) is 2.78. The molecule has 168 valence electrons. The van der Waals surface area contributed by atoms with Crippen molar-refractivity contribution < 1.29 is 8.78 Å². The second-order valence-corrected chi connectivity index (χ2v) is 8.77. The van der Waals surface area contributed by atoms with Crippen molar-refractivity contribution in [1.82, 2.24) is 14.5 Å². The second kappa shape index (κ2) is 6.81. The molecule has 0 spiro atoms. The number of likely N-dealkylation sites (N-methyl/N-ethyl adjacent to an activating group) is 2. The van der Waals surface area contributed by atoms with Crippen LogP contribution in [-0.4, -0.2) is 41.7 Å². The number of fused-ring (bicyclic) bond motifs is 3. The SMILES string of the molecule is CN1CCN(C)c2cc3c(cc21)-c1cn(C)c(=O)c2[nH]cc(c12)CN3c1ncc(F)cc1F. The van der Waals surface area contributed by atoms with E-state index in [2.05, 4.69) is 25.8 Å². The Morgan fingerprint density at radius 3 is 2.42 bits per heavy atom. The Kier molecular flexibility index (Phi) is 4.08. The minimum Gasteiger partial charge on any atom is -0.371 e. The monoisotopic (exact) mass is 448 g/mol. The number of anilines is 4. The number of pyridine rings is 2. The van der Waals surface area contributed by atoms with Gasteiger partial charge < -0.3 is 24.3 Å². The van der Waals surface area contributed by atoms with Crippen LogP contribution in [0, 0.1) is 11.6 Å². The number of halogens is 2. The number of hydrogen-bond donors (Lipinski definition) is 1. The molecule has 1 aromatic carbocycles. The van der Waals surface area contributed by atoms with E-state index in [1.54, 1.807) is 22.7 Å². The second-order valence-electron chi connectivity index (χ2n) is 8.77. The van der Waals surface area contributed by atoms with Crippen LogP contribution in [0.5, 0.6) is 0 Å². The average molecular weight is 448 g/mol. The number of nitrogens with zero attached hydrogens (tertiary/aromatic N) is 5. The number of aromatic amines is 1. The normalized spacial score (nSPS) is 15.0. The minimum absolute atomic E-state index is 0.0401. The Balaban J connectivity index is 1.72. The molecule has 2 aliphatic heterocycles. The van der Waals surface area contributed by atoms with E-state index in [1.165, 1.54) is 0 Å². The summed E-state index contributed by atoms with van der Waals surface area (Å²) in [5, 5.41) is 0.816. The molecule has 33 heavy (non-hydrogen) atoms. The molecule has 9 heteroatoms. The first-order chi connectivity index (χ1) is 15.8. The number of hydrogen-bond acceptors (Lipinski definition) is 5. The van der Waals surface area contributed by atoms with Gasteiger partial charge >= 0.3 is 0 Å². The smallest absolute Gasteiger partial charge is 0.274 e. The quantitative estimate of drug-likeness (QED) is 0.481. The zero-order valence-corrected chi connectivity index (χ0v) is 18.5. The highest BCUT2D eigenvalue weighted by atomic mass is 19.1. The van der Waals surface area contributed by atoms with Crippen molar-refractivity contribution in [2.24, 2.45) is 7.05 Å². The molecule has 0 saturated carbocycles. The van der Waals surface area contributed by atoms with Crippen LogP contribution in [0.1, 0.15) is 5.56 Å². The Bertz CT molecular complexity index is 1510. The maximum Gasteiger partial charge on any atom is 0.274 e. The van der Waals surface area contributed by atoms with Crippen LogP contribution in [0.3, 0.4) is 0 Å². The maximum absolute atomic E-state index is 15.0. The molecule has 0 radical (unpaired) electrons. The zero-order chi connectivity index (χ0) is 23.0. The highest BCUT2D eigenvalue weighted by Crippen LogP contribution is 2.48. The van der Waals surface area contributed by atoms with Crippen LogP contribution in [0.25, 0.3) is 22.0 Å². The van der Waals surface area contributed by atoms with Gasteiger partial charge in [0.05, 0.1) is 29.8 Å². The van der Waals surface area contributed by atoms with E-state index in [-0.39, 0.29) is 17.9 Å². The van der Waals surface area contributed by atoms with Gasteiger partial charge in [-0.3, -0.25) is 4.79 Å². The molecule has 3 aromatic heterocycles. The first-order valence-electron chi connectivity index (χ1n) is 10.7. The van der Waals surface area contributed by atoms with Gasteiger partial charge in [0.15, 0.2) is 11.6 Å². The highest BCUT2D eigenvalue weighted by molar-refractivity contribution is 6.04. The molecule has 0 amide bonds. The van der Waals surface area contributed by atoms with Gasteiger partial charge in [-0.05, 0) is 17.7 Å². The molecule has 0 bridgehead atoms. The fraction of sp³-hybridized carbons (Fsp3) is 0.250. The molecule has 1 N–H and O–H groups in total. The third-order valence-electron chi connectivity index (χ3n) is 6.73. The molecule has 2 aliphatic rings. The topological polar surface area (TPSA) is 60.4 Å². The maximum atomic E-state index is 15.0. The third-order valence-corrected chi connectivity index (χ3v) is 6.73. The summed E-state index contributed by atoms with van der Waals surface area (Å²) >= 11 is 0. The lowest BCUT2D eigenvalue weighted by atomic mass is 9.98. The van der Waals surface area contributed by atoms with Gasteiger partial charge in [-0.15, -0.1) is 0 Å². The number of benzene rings is 1. The lowest BCUT2D eigenvalue weighted by Gasteiger charge is -2.36. The van der Waals surface area contributed by atoms with E-state index >= 15 is 0 Å². The summed E-state index contributed by atoms with van der Waals surface area (Å²) < 4.78 is 30.2. The number of H-pyrrole nitrogens is 1. The number of aryl methyl sites for hydroxylation is 1. The van der Waals surface area contributed by atoms with Crippen molar-refractivity contribution in [2.45, 2.75) is 6.54 Å². The Labute approximate surface area is 188 Å². The van der Waals surface area contributed by atoms with Gasteiger partial charge in [0.1, 0.15) is 11.3 Å². The van der Waals surface area contributed by atoms with Crippen LogP contribution in [0.15, 0.2) is 41.6 Å². The molecule has 4 aromatic rings. The van der Waals surface area contributed by atoms with E-state index in [0.29, 0.717) is 5.52 Å². The first kappa shape index (κ1) is 19.8. The summed E-state index contributed by atoms with van der Waals surface area (Å²) in [4.78, 5) is 26.2. The van der Waals surface area contributed by atoms with Crippen molar-refractivity contribution in [2.75, 3.05) is 41.9 Å². The lowest BCUT2D eigenvalue weighted by molar-refractivity contribution is 0.571. The molecule has 0 fully saturated rings. The van der Waals surface area contributed by atoms with Crippen LogP contribution < -0.4 is 20.3 Å². The van der Waals surface area contributed by atoms with E-state index in [1.807, 2.05) is 26.4 Å². The summed E-state index contributed by atoms with van der Waals surface area (Å²) in [6, 6.07) is 4.98. The van der Waals surface area contributed by atoms with Crippen LogP contribution in [0.2, 0.25) is 0 Å². The average Bonchev–Trinajstić information content (AvgIpc) is 3.16. The van der Waals surface area contributed by atoms with Crippen LogP contribution >= 0.6 is 0 Å². The van der Waals surface area contributed by atoms with Gasteiger partial charge in [0.2, 0.25) is 0 Å². The van der Waals surface area contributed by atoms with Gasteiger partial charge in [-0.25, -0.2) is 13.8 Å². The summed E-state index contributed by atoms with van der Waals surface area (Å²) in [6.45, 7) is 2.01. The van der Waals surface area contributed by atoms with E-state index in [0.717, 1.165) is 64.5 Å². The predicted molar refractivity (Wildman–Crippen MR) is 126 cm³/mol. The number of nitrogens with one attached hydrogen (secondary N) is 1. The number of rotatable bonds is 1. The van der Waals surface area contributed by atoms with Crippen LogP contribution in [-0.2, 0) is 13.6 Å². The Morgan fingerprint density at radius 2 is 1.70 bits per heavy atom. The summed E-state index contributed by atoms with van der Waals surface area (Å²) in [5.41, 5.74) is 5.79. The summed E-state index contributed by atoms with van der Waals surface area (Å²) in [6.07, 6.45) is 4.64. The number of aromatic nitrogens is 3. The molecular formula is C24H22F2N6O. The van der Waals surface area contributed by atoms with Gasteiger partial charge in [0.25, 0.3) is 5.56 Å². The van der Waals surface area contributed by atoms with E-state index in [9.17, 15) is 13.6 Å². The molecular weight excluding hydrogens is 426 g/mol. The molecule has 6 rings (SSSR count). The standard InChI is InChI=1S/C24H22F2N6O/c1-29-4-5-30(2)20-8-18-15(7-19(20)29)16-12-31(3)24(33)22-21(16)13(9-27-22)11-32(18)23-17(26)6-14(25)10-28-23/h6-10,12,27H,4-5,11H2,1-3H3. The summed E-state index contributed by atoms with van der Waals surface area (Å²) in [7, 11) is 5.80. The minimum atomic E-state index is -0.739. The molecule has 7 nitrogen and oxygen atoms in total. The van der Waals surface area contributed by atoms with Gasteiger partial charge in [-0.1, -0.05) is 0 Å². The fourth-order valence-electron chi connectivity index (χ4n) is 4.97. The fourth-order valence-corrected chi connectivity index (χ4v) is 4.97. The van der Waals surface area contributed by atoms with Gasteiger partial charge in [-0.2, -0.15) is 0 Å². The molecule has 5 heterocycles. The molecule has 0 unspecified atom stereocenters. The van der Waals surface area contributed by atoms with Crippen molar-refractivity contribution in [3.63, 3.8) is 0 Å². The van der Waals surface area contributed by atoms with E-state index in [4.69, 9.17) is 0 Å². The van der Waals surface area contributed by atoms with Crippen molar-refractivity contribution in [1.29, 1.82) is 0 Å². The molecule has 0 atom stereocenters. The van der Waals surface area contributed by atoms with Crippen LogP contribution in [0.4, 0.5) is 31.7 Å². The van der Waals surface area contributed by atoms with Gasteiger partial charge in [0, 0.05) is 69.2 Å². The van der Waals surface area contributed by atoms with Crippen molar-refractivity contribution in [3.8, 4) is 11.1 Å². The predicted octanol–water partition coefficient (Wildman–Crippen LogP) is 3.74. The zero-order valence-electron chi connectivity index (χ0n) is 18.5. The van der Waals surface area contributed by atoms with Crippen molar-refractivity contribution in [3.05, 3.63) is 64.3 Å². The largest absolute Gasteiger partial charge is 0.371 e. The molecule has 0 saturated heterocycles.